The minimum absolute atomic E-state index is 0.0588. The second-order valence-electron chi connectivity index (χ2n) is 5.35. The molecule has 0 saturated heterocycles. The molecule has 2 rings (SSSR count). The molecule has 0 aliphatic heterocycles. The van der Waals surface area contributed by atoms with Gasteiger partial charge >= 0.3 is 6.03 Å². The van der Waals surface area contributed by atoms with Crippen LogP contribution in [0.1, 0.15) is 43.2 Å². The van der Waals surface area contributed by atoms with E-state index in [1.807, 2.05) is 12.1 Å². The first-order valence-corrected chi connectivity index (χ1v) is 7.30. The molecule has 6 nitrogen and oxygen atoms in total. The predicted molar refractivity (Wildman–Crippen MR) is 81.2 cm³/mol. The molecule has 2 amide bonds. The number of hydrogen-bond donors (Lipinski definition) is 4. The van der Waals surface area contributed by atoms with E-state index in [2.05, 4.69) is 15.8 Å². The van der Waals surface area contributed by atoms with Crippen LogP contribution in [0.2, 0.25) is 0 Å². The second-order valence-corrected chi connectivity index (χ2v) is 5.35. The minimum Gasteiger partial charge on any atom is -0.409 e. The highest BCUT2D eigenvalue weighted by Gasteiger charge is 2.15. The van der Waals surface area contributed by atoms with E-state index in [0.29, 0.717) is 18.2 Å². The molecular weight excluding hydrogens is 268 g/mol. The quantitative estimate of drug-likeness (QED) is 0.295. The number of nitrogens with two attached hydrogens (primary N) is 1. The highest BCUT2D eigenvalue weighted by molar-refractivity contribution is 5.97. The highest BCUT2D eigenvalue weighted by atomic mass is 16.4. The van der Waals surface area contributed by atoms with Crippen LogP contribution in [0.5, 0.6) is 0 Å². The normalized spacial score (nSPS) is 16.5. The lowest BCUT2D eigenvalue weighted by atomic mass is 9.96. The lowest BCUT2D eigenvalue weighted by molar-refractivity contribution is 0.232. The van der Waals surface area contributed by atoms with E-state index in [9.17, 15) is 4.79 Å². The van der Waals surface area contributed by atoms with Gasteiger partial charge in [-0.25, -0.2) is 4.79 Å². The van der Waals surface area contributed by atoms with Crippen LogP contribution in [-0.4, -0.2) is 23.1 Å². The third-order valence-corrected chi connectivity index (χ3v) is 3.72. The molecule has 1 aromatic rings. The van der Waals surface area contributed by atoms with E-state index in [1.165, 1.54) is 19.3 Å². The van der Waals surface area contributed by atoms with Gasteiger partial charge in [-0.1, -0.05) is 42.6 Å². The molecule has 0 spiro atoms. The molecule has 0 radical (unpaired) electrons. The fourth-order valence-corrected chi connectivity index (χ4v) is 2.56. The van der Waals surface area contributed by atoms with E-state index in [4.69, 9.17) is 10.9 Å². The number of nitrogens with zero attached hydrogens (tertiary/aromatic N) is 1. The van der Waals surface area contributed by atoms with Gasteiger partial charge in [0.15, 0.2) is 5.84 Å². The Morgan fingerprint density at radius 3 is 2.81 bits per heavy atom. The number of oxime groups is 1. The van der Waals surface area contributed by atoms with Crippen LogP contribution in [0.3, 0.4) is 0 Å². The first-order valence-electron chi connectivity index (χ1n) is 7.30. The summed E-state index contributed by atoms with van der Waals surface area (Å²) >= 11 is 0. The Morgan fingerprint density at radius 2 is 2.10 bits per heavy atom. The molecule has 0 atom stereocenters. The zero-order valence-corrected chi connectivity index (χ0v) is 12.0. The van der Waals surface area contributed by atoms with Crippen LogP contribution in [0, 0.1) is 0 Å². The number of nitrogens with one attached hydrogen (secondary N) is 2. The van der Waals surface area contributed by atoms with Crippen molar-refractivity contribution < 1.29 is 10.0 Å². The molecule has 1 saturated carbocycles. The number of carbonyl (C=O) groups is 1. The van der Waals surface area contributed by atoms with Crippen molar-refractivity contribution in [2.45, 2.75) is 44.7 Å². The summed E-state index contributed by atoms with van der Waals surface area (Å²) in [7, 11) is 0. The number of urea groups is 1. The zero-order chi connectivity index (χ0) is 15.1. The fourth-order valence-electron chi connectivity index (χ4n) is 2.56. The fraction of sp³-hybridized carbons (Fsp3) is 0.467. The van der Waals surface area contributed by atoms with Crippen molar-refractivity contribution in [3.8, 4) is 0 Å². The molecule has 1 aliphatic carbocycles. The molecule has 1 aromatic carbocycles. The van der Waals surface area contributed by atoms with Crippen LogP contribution in [0.25, 0.3) is 0 Å². The number of rotatable bonds is 4. The average molecular weight is 290 g/mol. The van der Waals surface area contributed by atoms with Crippen molar-refractivity contribution >= 4 is 11.9 Å². The van der Waals surface area contributed by atoms with Crippen LogP contribution in [0.15, 0.2) is 29.4 Å². The van der Waals surface area contributed by atoms with Gasteiger partial charge in [0.25, 0.3) is 0 Å². The highest BCUT2D eigenvalue weighted by Crippen LogP contribution is 2.17. The predicted octanol–water partition coefficient (Wildman–Crippen LogP) is 1.91. The van der Waals surface area contributed by atoms with Gasteiger partial charge in [-0.3, -0.25) is 0 Å². The largest absolute Gasteiger partial charge is 0.409 e. The summed E-state index contributed by atoms with van der Waals surface area (Å²) in [5.41, 5.74) is 7.07. The molecule has 1 fully saturated rings. The number of amides is 2. The number of benzene rings is 1. The zero-order valence-electron chi connectivity index (χ0n) is 12.0. The minimum atomic E-state index is -0.142. The monoisotopic (exact) mass is 290 g/mol. The molecule has 5 N–H and O–H groups in total. The van der Waals surface area contributed by atoms with Crippen LogP contribution >= 0.6 is 0 Å². The molecule has 21 heavy (non-hydrogen) atoms. The van der Waals surface area contributed by atoms with Crippen LogP contribution in [-0.2, 0) is 6.54 Å². The van der Waals surface area contributed by atoms with Crippen molar-refractivity contribution in [1.82, 2.24) is 10.6 Å². The summed E-state index contributed by atoms with van der Waals surface area (Å²) in [6.07, 6.45) is 5.76. The maximum Gasteiger partial charge on any atom is 0.315 e. The number of hydrogen-bond acceptors (Lipinski definition) is 3. The van der Waals surface area contributed by atoms with Gasteiger partial charge in [-0.15, -0.1) is 0 Å². The van der Waals surface area contributed by atoms with Crippen molar-refractivity contribution in [2.24, 2.45) is 10.9 Å². The Bertz CT molecular complexity index is 510. The lowest BCUT2D eigenvalue weighted by Gasteiger charge is -2.22. The molecule has 6 heteroatoms. The SMILES string of the molecule is NC(=NO)c1cccc(CNC(=O)NC2CCCCC2)c1. The molecule has 0 bridgehead atoms. The molecule has 0 heterocycles. The van der Waals surface area contributed by atoms with Gasteiger partial charge in [0.2, 0.25) is 0 Å². The van der Waals surface area contributed by atoms with Gasteiger partial charge in [0.1, 0.15) is 0 Å². The summed E-state index contributed by atoms with van der Waals surface area (Å²) in [4.78, 5) is 11.8. The summed E-state index contributed by atoms with van der Waals surface area (Å²) in [5, 5.41) is 17.5. The molecule has 0 unspecified atom stereocenters. The smallest absolute Gasteiger partial charge is 0.315 e. The first-order chi connectivity index (χ1) is 10.2. The lowest BCUT2D eigenvalue weighted by Crippen LogP contribution is -2.42. The van der Waals surface area contributed by atoms with E-state index in [0.717, 1.165) is 18.4 Å². The molecule has 0 aromatic heterocycles. The van der Waals surface area contributed by atoms with E-state index < -0.39 is 0 Å². The molecular formula is C15H22N4O2. The second kappa shape index (κ2) is 7.52. The molecule has 1 aliphatic rings. The Kier molecular flexibility index (Phi) is 5.43. The average Bonchev–Trinajstić information content (AvgIpc) is 2.53. The third-order valence-electron chi connectivity index (χ3n) is 3.72. The first kappa shape index (κ1) is 15.2. The van der Waals surface area contributed by atoms with Crippen molar-refractivity contribution in [2.75, 3.05) is 0 Å². The van der Waals surface area contributed by atoms with E-state index in [-0.39, 0.29) is 11.9 Å². The van der Waals surface area contributed by atoms with Crippen molar-refractivity contribution in [3.63, 3.8) is 0 Å². The third kappa shape index (κ3) is 4.66. The maximum atomic E-state index is 11.8. The van der Waals surface area contributed by atoms with Crippen molar-refractivity contribution in [3.05, 3.63) is 35.4 Å². The Balaban J connectivity index is 1.83. The van der Waals surface area contributed by atoms with Crippen LogP contribution in [0.4, 0.5) is 4.79 Å². The molecule has 114 valence electrons. The van der Waals surface area contributed by atoms with Gasteiger partial charge in [0.05, 0.1) is 0 Å². The number of amidine groups is 1. The van der Waals surface area contributed by atoms with E-state index in [1.54, 1.807) is 12.1 Å². The van der Waals surface area contributed by atoms with Crippen molar-refractivity contribution in [1.29, 1.82) is 0 Å². The Hall–Kier alpha value is -2.24. The summed E-state index contributed by atoms with van der Waals surface area (Å²) in [6.45, 7) is 0.408. The maximum absolute atomic E-state index is 11.8. The summed E-state index contributed by atoms with van der Waals surface area (Å²) < 4.78 is 0. The standard InChI is InChI=1S/C15H22N4O2/c16-14(19-21)12-6-4-5-11(9-12)10-17-15(20)18-13-7-2-1-3-8-13/h4-6,9,13,21H,1-3,7-8,10H2,(H2,16,19)(H2,17,18,20). The van der Waals surface area contributed by atoms with E-state index >= 15 is 0 Å². The Morgan fingerprint density at radius 1 is 1.33 bits per heavy atom. The summed E-state index contributed by atoms with van der Waals surface area (Å²) in [6, 6.07) is 7.38. The van der Waals surface area contributed by atoms with Gasteiger partial charge in [-0.2, -0.15) is 0 Å². The topological polar surface area (TPSA) is 99.7 Å². The Labute approximate surface area is 124 Å². The van der Waals surface area contributed by atoms with Crippen LogP contribution < -0.4 is 16.4 Å². The summed E-state index contributed by atoms with van der Waals surface area (Å²) in [5.74, 6) is 0.0588. The van der Waals surface area contributed by atoms with Gasteiger partial charge < -0.3 is 21.6 Å². The van der Waals surface area contributed by atoms with Gasteiger partial charge in [-0.05, 0) is 24.5 Å². The van der Waals surface area contributed by atoms with Gasteiger partial charge in [0, 0.05) is 18.2 Å². The number of carbonyl (C=O) groups excluding carboxylic acids is 1.